The van der Waals surface area contributed by atoms with Crippen LogP contribution in [0.15, 0.2) is 10.9 Å². The molecule has 2 rings (SSSR count). The Hall–Kier alpha value is -0.410. The number of thiazole rings is 1. The number of nitrogens with zero attached hydrogens (tertiary/aromatic N) is 1. The Labute approximate surface area is 83.4 Å². The largest absolute Gasteiger partial charge is 0.314 e. The fraction of sp³-hybridized carbons (Fsp3) is 0.700. The van der Waals surface area contributed by atoms with Gasteiger partial charge in [-0.1, -0.05) is 13.8 Å². The van der Waals surface area contributed by atoms with Crippen LogP contribution in [0.4, 0.5) is 0 Å². The second-order valence-corrected chi connectivity index (χ2v) is 4.80. The summed E-state index contributed by atoms with van der Waals surface area (Å²) in [4.78, 5) is 4.35. The molecule has 0 spiro atoms. The van der Waals surface area contributed by atoms with Crippen molar-refractivity contribution >= 4 is 11.3 Å². The Kier molecular flexibility index (Phi) is 2.65. The monoisotopic (exact) mass is 196 g/mol. The average molecular weight is 196 g/mol. The van der Waals surface area contributed by atoms with Crippen LogP contribution >= 0.6 is 11.3 Å². The van der Waals surface area contributed by atoms with Crippen LogP contribution in [0.25, 0.3) is 0 Å². The Morgan fingerprint density at radius 2 is 2.54 bits per heavy atom. The molecule has 72 valence electrons. The highest BCUT2D eigenvalue weighted by atomic mass is 32.1. The van der Waals surface area contributed by atoms with Gasteiger partial charge in [0.1, 0.15) is 0 Å². The molecule has 1 aromatic heterocycles. The first-order valence-electron chi connectivity index (χ1n) is 4.89. The molecule has 1 fully saturated rings. The van der Waals surface area contributed by atoms with E-state index in [4.69, 9.17) is 0 Å². The highest BCUT2D eigenvalue weighted by molar-refractivity contribution is 7.07. The summed E-state index contributed by atoms with van der Waals surface area (Å²) in [6.45, 7) is 5.54. The van der Waals surface area contributed by atoms with Gasteiger partial charge in [0, 0.05) is 17.3 Å². The van der Waals surface area contributed by atoms with E-state index in [0.717, 1.165) is 18.4 Å². The molecule has 0 aliphatic heterocycles. The van der Waals surface area contributed by atoms with Gasteiger partial charge >= 0.3 is 0 Å². The van der Waals surface area contributed by atoms with Gasteiger partial charge in [-0.25, -0.2) is 4.98 Å². The average Bonchev–Trinajstić information content (AvgIpc) is 2.66. The van der Waals surface area contributed by atoms with Gasteiger partial charge in [-0.3, -0.25) is 0 Å². The normalized spacial score (nSPS) is 26.7. The van der Waals surface area contributed by atoms with Crippen LogP contribution in [0.1, 0.15) is 31.9 Å². The standard InChI is InChI=1S/C10H16N2S/c1-7(2)11-4-8-3-9(8)10-5-13-6-12-10/h5-9,11H,3-4H2,1-2H3. The molecule has 1 aromatic rings. The van der Waals surface area contributed by atoms with E-state index in [-0.39, 0.29) is 0 Å². The summed E-state index contributed by atoms with van der Waals surface area (Å²) in [6.07, 6.45) is 1.32. The van der Waals surface area contributed by atoms with Crippen LogP contribution in [0.5, 0.6) is 0 Å². The predicted octanol–water partition coefficient (Wildman–Crippen LogP) is 2.24. The maximum absolute atomic E-state index is 4.35. The van der Waals surface area contributed by atoms with Crippen molar-refractivity contribution in [3.05, 3.63) is 16.6 Å². The fourth-order valence-electron chi connectivity index (χ4n) is 1.63. The first-order chi connectivity index (χ1) is 6.27. The lowest BCUT2D eigenvalue weighted by Crippen LogP contribution is -2.25. The summed E-state index contributed by atoms with van der Waals surface area (Å²) >= 11 is 1.70. The van der Waals surface area contributed by atoms with E-state index < -0.39 is 0 Å². The second-order valence-electron chi connectivity index (χ2n) is 4.08. The first-order valence-corrected chi connectivity index (χ1v) is 5.83. The maximum Gasteiger partial charge on any atom is 0.0794 e. The van der Waals surface area contributed by atoms with E-state index in [2.05, 4.69) is 29.5 Å². The lowest BCUT2D eigenvalue weighted by molar-refractivity contribution is 0.554. The lowest BCUT2D eigenvalue weighted by atomic mass is 10.2. The zero-order chi connectivity index (χ0) is 9.26. The third-order valence-electron chi connectivity index (χ3n) is 2.54. The summed E-state index contributed by atoms with van der Waals surface area (Å²) in [5, 5.41) is 5.66. The Morgan fingerprint density at radius 3 is 3.15 bits per heavy atom. The molecular weight excluding hydrogens is 180 g/mol. The molecule has 0 aromatic carbocycles. The zero-order valence-electron chi connectivity index (χ0n) is 8.16. The highest BCUT2D eigenvalue weighted by Gasteiger charge is 2.39. The van der Waals surface area contributed by atoms with Crippen molar-refractivity contribution in [1.29, 1.82) is 0 Å². The Morgan fingerprint density at radius 1 is 1.69 bits per heavy atom. The van der Waals surface area contributed by atoms with Gasteiger partial charge in [-0.2, -0.15) is 0 Å². The summed E-state index contributed by atoms with van der Waals surface area (Å²) in [5.41, 5.74) is 3.24. The summed E-state index contributed by atoms with van der Waals surface area (Å²) in [6, 6.07) is 0.608. The minimum atomic E-state index is 0.608. The number of rotatable bonds is 4. The molecule has 1 aliphatic rings. The fourth-order valence-corrected chi connectivity index (χ4v) is 2.25. The van der Waals surface area contributed by atoms with E-state index in [9.17, 15) is 0 Å². The van der Waals surface area contributed by atoms with Crippen molar-refractivity contribution in [2.75, 3.05) is 6.54 Å². The third-order valence-corrected chi connectivity index (χ3v) is 3.15. The second kappa shape index (κ2) is 3.76. The van der Waals surface area contributed by atoms with Gasteiger partial charge < -0.3 is 5.32 Å². The van der Waals surface area contributed by atoms with Crippen LogP contribution in [0.3, 0.4) is 0 Å². The van der Waals surface area contributed by atoms with E-state index in [1.165, 1.54) is 12.1 Å². The highest BCUT2D eigenvalue weighted by Crippen LogP contribution is 2.46. The molecule has 3 heteroatoms. The van der Waals surface area contributed by atoms with E-state index >= 15 is 0 Å². The molecule has 0 amide bonds. The van der Waals surface area contributed by atoms with Crippen LogP contribution in [0, 0.1) is 5.92 Å². The van der Waals surface area contributed by atoms with Crippen molar-refractivity contribution in [2.45, 2.75) is 32.2 Å². The minimum absolute atomic E-state index is 0.608. The van der Waals surface area contributed by atoms with Crippen molar-refractivity contribution in [3.63, 3.8) is 0 Å². The quantitative estimate of drug-likeness (QED) is 0.799. The zero-order valence-corrected chi connectivity index (χ0v) is 8.97. The van der Waals surface area contributed by atoms with Crippen molar-refractivity contribution in [3.8, 4) is 0 Å². The molecule has 2 nitrogen and oxygen atoms in total. The number of hydrogen-bond donors (Lipinski definition) is 1. The van der Waals surface area contributed by atoms with Crippen LogP contribution in [-0.4, -0.2) is 17.6 Å². The molecule has 0 saturated heterocycles. The van der Waals surface area contributed by atoms with E-state index in [1.54, 1.807) is 11.3 Å². The molecule has 1 heterocycles. The molecule has 2 unspecified atom stereocenters. The molecule has 1 saturated carbocycles. The minimum Gasteiger partial charge on any atom is -0.314 e. The molecule has 13 heavy (non-hydrogen) atoms. The third kappa shape index (κ3) is 2.29. The van der Waals surface area contributed by atoms with Crippen molar-refractivity contribution in [2.24, 2.45) is 5.92 Å². The summed E-state index contributed by atoms with van der Waals surface area (Å²) in [7, 11) is 0. The predicted molar refractivity (Wildman–Crippen MR) is 56.1 cm³/mol. The van der Waals surface area contributed by atoms with E-state index in [1.807, 2.05) is 5.51 Å². The Bertz CT molecular complexity index is 256. The first kappa shape index (κ1) is 9.16. The molecule has 1 aliphatic carbocycles. The molecule has 0 radical (unpaired) electrons. The van der Waals surface area contributed by atoms with Crippen LogP contribution < -0.4 is 5.32 Å². The SMILES string of the molecule is CC(C)NCC1CC1c1cscn1. The Balaban J connectivity index is 1.77. The van der Waals surface area contributed by atoms with Gasteiger partial charge in [-0.05, 0) is 18.9 Å². The van der Waals surface area contributed by atoms with Gasteiger partial charge in [0.2, 0.25) is 0 Å². The van der Waals surface area contributed by atoms with Crippen LogP contribution in [0.2, 0.25) is 0 Å². The van der Waals surface area contributed by atoms with Gasteiger partial charge in [0.05, 0.1) is 11.2 Å². The molecule has 0 bridgehead atoms. The van der Waals surface area contributed by atoms with Gasteiger partial charge in [0.25, 0.3) is 0 Å². The lowest BCUT2D eigenvalue weighted by Gasteiger charge is -2.06. The van der Waals surface area contributed by atoms with Crippen LogP contribution in [-0.2, 0) is 0 Å². The molecule has 2 atom stereocenters. The summed E-state index contributed by atoms with van der Waals surface area (Å²) < 4.78 is 0. The van der Waals surface area contributed by atoms with E-state index in [0.29, 0.717) is 6.04 Å². The maximum atomic E-state index is 4.35. The number of aromatic nitrogens is 1. The van der Waals surface area contributed by atoms with Gasteiger partial charge in [-0.15, -0.1) is 11.3 Å². The topological polar surface area (TPSA) is 24.9 Å². The smallest absolute Gasteiger partial charge is 0.0794 e. The summed E-state index contributed by atoms with van der Waals surface area (Å²) in [5.74, 6) is 1.59. The molecular formula is C10H16N2S. The van der Waals surface area contributed by atoms with Gasteiger partial charge in [0.15, 0.2) is 0 Å². The number of hydrogen-bond acceptors (Lipinski definition) is 3. The molecule has 1 N–H and O–H groups in total. The van der Waals surface area contributed by atoms with Crippen molar-refractivity contribution in [1.82, 2.24) is 10.3 Å². The number of nitrogens with one attached hydrogen (secondary N) is 1. The van der Waals surface area contributed by atoms with Crippen molar-refractivity contribution < 1.29 is 0 Å².